The van der Waals surface area contributed by atoms with Crippen LogP contribution >= 0.6 is 0 Å². The molecule has 0 saturated heterocycles. The van der Waals surface area contributed by atoms with E-state index in [-0.39, 0.29) is 23.9 Å². The van der Waals surface area contributed by atoms with Gasteiger partial charge in [-0.05, 0) is 36.6 Å². The molecule has 5 nitrogen and oxygen atoms in total. The second-order valence-corrected chi connectivity index (χ2v) is 7.45. The van der Waals surface area contributed by atoms with Crippen LogP contribution in [0.3, 0.4) is 0 Å². The van der Waals surface area contributed by atoms with Crippen molar-refractivity contribution in [3.63, 3.8) is 0 Å². The van der Waals surface area contributed by atoms with E-state index in [4.69, 9.17) is 0 Å². The Hall–Kier alpha value is -2.69. The highest BCUT2D eigenvalue weighted by molar-refractivity contribution is 5.99. The SMILES string of the molecule is O=C1N[C@@H](CC(=O)N(Cc2ccccn2)C2CCCCC2)c2ccccc21. The molecule has 1 atom stereocenters. The summed E-state index contributed by atoms with van der Waals surface area (Å²) in [6.45, 7) is 0.534. The first-order chi connectivity index (χ1) is 13.2. The molecule has 1 aliphatic heterocycles. The van der Waals surface area contributed by atoms with Crippen LogP contribution in [0, 0.1) is 0 Å². The van der Waals surface area contributed by atoms with Gasteiger partial charge in [-0.25, -0.2) is 0 Å². The summed E-state index contributed by atoms with van der Waals surface area (Å²) in [4.78, 5) is 31.8. The standard InChI is InChI=1S/C22H25N3O2/c26-21(14-20-18-11-4-5-12-19(18)22(27)24-20)25(17-9-2-1-3-10-17)15-16-8-6-7-13-23-16/h4-8,11-13,17,20H,1-3,9-10,14-15H2,(H,24,27)/t20-/m0/s1. The smallest absolute Gasteiger partial charge is 0.252 e. The first-order valence-electron chi connectivity index (χ1n) is 9.81. The van der Waals surface area contributed by atoms with Crippen molar-refractivity contribution in [1.82, 2.24) is 15.2 Å². The van der Waals surface area contributed by atoms with Gasteiger partial charge in [0.05, 0.1) is 24.7 Å². The Labute approximate surface area is 159 Å². The summed E-state index contributed by atoms with van der Waals surface area (Å²) in [6.07, 6.45) is 7.74. The van der Waals surface area contributed by atoms with Gasteiger partial charge in [-0.15, -0.1) is 0 Å². The van der Waals surface area contributed by atoms with E-state index < -0.39 is 0 Å². The molecular formula is C22H25N3O2. The first kappa shape index (κ1) is 17.7. The Morgan fingerprint density at radius 2 is 1.85 bits per heavy atom. The van der Waals surface area contributed by atoms with Gasteiger partial charge >= 0.3 is 0 Å². The molecule has 0 radical (unpaired) electrons. The van der Waals surface area contributed by atoms with Crippen LogP contribution in [0.2, 0.25) is 0 Å². The normalized spacial score (nSPS) is 19.4. The Morgan fingerprint density at radius 3 is 2.63 bits per heavy atom. The van der Waals surface area contributed by atoms with E-state index in [1.165, 1.54) is 19.3 Å². The summed E-state index contributed by atoms with van der Waals surface area (Å²) in [7, 11) is 0. The number of nitrogens with one attached hydrogen (secondary N) is 1. The molecule has 1 fully saturated rings. The zero-order chi connectivity index (χ0) is 18.6. The van der Waals surface area contributed by atoms with E-state index >= 15 is 0 Å². The molecule has 2 aromatic rings. The largest absolute Gasteiger partial charge is 0.345 e. The van der Waals surface area contributed by atoms with Crippen molar-refractivity contribution in [1.29, 1.82) is 0 Å². The number of hydrogen-bond acceptors (Lipinski definition) is 3. The van der Waals surface area contributed by atoms with Crippen LogP contribution in [0.1, 0.15) is 66.2 Å². The fourth-order valence-corrected chi connectivity index (χ4v) is 4.25. The van der Waals surface area contributed by atoms with Crippen LogP contribution in [0.5, 0.6) is 0 Å². The van der Waals surface area contributed by atoms with Crippen LogP contribution < -0.4 is 5.32 Å². The monoisotopic (exact) mass is 363 g/mol. The molecule has 2 heterocycles. The third-order valence-electron chi connectivity index (χ3n) is 5.66. The molecule has 1 aromatic heterocycles. The highest BCUT2D eigenvalue weighted by Crippen LogP contribution is 2.30. The number of hydrogen-bond donors (Lipinski definition) is 1. The van der Waals surface area contributed by atoms with E-state index in [9.17, 15) is 9.59 Å². The lowest BCUT2D eigenvalue weighted by molar-refractivity contribution is -0.135. The van der Waals surface area contributed by atoms with Gasteiger partial charge in [-0.1, -0.05) is 43.5 Å². The van der Waals surface area contributed by atoms with Gasteiger partial charge < -0.3 is 10.2 Å². The van der Waals surface area contributed by atoms with Gasteiger partial charge in [0.2, 0.25) is 5.91 Å². The maximum Gasteiger partial charge on any atom is 0.252 e. The fourth-order valence-electron chi connectivity index (χ4n) is 4.25. The molecule has 1 aliphatic carbocycles. The van der Waals surface area contributed by atoms with Crippen molar-refractivity contribution in [3.8, 4) is 0 Å². The minimum absolute atomic E-state index is 0.0858. The Morgan fingerprint density at radius 1 is 1.07 bits per heavy atom. The summed E-state index contributed by atoms with van der Waals surface area (Å²) in [5.74, 6) is 0.00639. The lowest BCUT2D eigenvalue weighted by Gasteiger charge is -2.35. The average molecular weight is 363 g/mol. The third-order valence-corrected chi connectivity index (χ3v) is 5.66. The second kappa shape index (κ2) is 7.91. The van der Waals surface area contributed by atoms with Gasteiger partial charge in [0.1, 0.15) is 0 Å². The highest BCUT2D eigenvalue weighted by atomic mass is 16.2. The molecule has 140 valence electrons. The van der Waals surface area contributed by atoms with E-state index in [0.717, 1.165) is 24.1 Å². The van der Waals surface area contributed by atoms with Crippen LogP contribution in [0.4, 0.5) is 0 Å². The van der Waals surface area contributed by atoms with Crippen LogP contribution in [0.25, 0.3) is 0 Å². The molecule has 1 saturated carbocycles. The molecule has 0 spiro atoms. The summed E-state index contributed by atoms with van der Waals surface area (Å²) in [5, 5.41) is 2.97. The van der Waals surface area contributed by atoms with Crippen molar-refractivity contribution in [2.45, 2.75) is 57.2 Å². The number of benzene rings is 1. The molecule has 2 amide bonds. The number of rotatable bonds is 5. The number of carbonyl (C=O) groups excluding carboxylic acids is 2. The summed E-state index contributed by atoms with van der Waals surface area (Å²) >= 11 is 0. The molecule has 2 aliphatic rings. The molecule has 1 N–H and O–H groups in total. The number of carbonyl (C=O) groups is 2. The number of nitrogens with zero attached hydrogens (tertiary/aromatic N) is 2. The molecule has 27 heavy (non-hydrogen) atoms. The predicted octanol–water partition coefficient (Wildman–Crippen LogP) is 3.62. The van der Waals surface area contributed by atoms with Gasteiger partial charge in [-0.2, -0.15) is 0 Å². The van der Waals surface area contributed by atoms with Crippen LogP contribution in [0.15, 0.2) is 48.7 Å². The van der Waals surface area contributed by atoms with Gasteiger partial charge in [0.25, 0.3) is 5.91 Å². The maximum atomic E-state index is 13.3. The molecule has 0 unspecified atom stereocenters. The molecule has 1 aromatic carbocycles. The van der Waals surface area contributed by atoms with E-state index in [0.29, 0.717) is 18.5 Å². The zero-order valence-corrected chi connectivity index (χ0v) is 15.4. The Kier molecular flexibility index (Phi) is 5.19. The topological polar surface area (TPSA) is 62.3 Å². The molecule has 5 heteroatoms. The number of aromatic nitrogens is 1. The average Bonchev–Trinajstić information content (AvgIpc) is 3.03. The molecule has 4 rings (SSSR count). The van der Waals surface area contributed by atoms with Gasteiger partial charge in [-0.3, -0.25) is 14.6 Å². The quantitative estimate of drug-likeness (QED) is 0.882. The first-order valence-corrected chi connectivity index (χ1v) is 9.81. The van der Waals surface area contributed by atoms with E-state index in [1.54, 1.807) is 6.20 Å². The Bertz CT molecular complexity index is 815. The molecular weight excluding hydrogens is 338 g/mol. The van der Waals surface area contributed by atoms with Crippen molar-refractivity contribution in [3.05, 3.63) is 65.5 Å². The van der Waals surface area contributed by atoms with Crippen LogP contribution in [-0.2, 0) is 11.3 Å². The Balaban J connectivity index is 1.53. The van der Waals surface area contributed by atoms with Crippen molar-refractivity contribution in [2.24, 2.45) is 0 Å². The van der Waals surface area contributed by atoms with Crippen molar-refractivity contribution in [2.75, 3.05) is 0 Å². The zero-order valence-electron chi connectivity index (χ0n) is 15.4. The number of fused-ring (bicyclic) bond motifs is 1. The van der Waals surface area contributed by atoms with Gasteiger partial charge in [0.15, 0.2) is 0 Å². The fraction of sp³-hybridized carbons (Fsp3) is 0.409. The lowest BCUT2D eigenvalue weighted by Crippen LogP contribution is -2.42. The van der Waals surface area contributed by atoms with E-state index in [2.05, 4.69) is 10.3 Å². The number of amides is 2. The molecule has 0 bridgehead atoms. The third kappa shape index (κ3) is 3.87. The maximum absolute atomic E-state index is 13.3. The van der Waals surface area contributed by atoms with Crippen molar-refractivity contribution >= 4 is 11.8 Å². The van der Waals surface area contributed by atoms with Crippen molar-refractivity contribution < 1.29 is 9.59 Å². The number of pyridine rings is 1. The summed E-state index contributed by atoms with van der Waals surface area (Å²) in [6, 6.07) is 13.4. The second-order valence-electron chi connectivity index (χ2n) is 7.45. The predicted molar refractivity (Wildman–Crippen MR) is 103 cm³/mol. The van der Waals surface area contributed by atoms with Crippen LogP contribution in [-0.4, -0.2) is 27.7 Å². The van der Waals surface area contributed by atoms with Gasteiger partial charge in [0, 0.05) is 17.8 Å². The minimum atomic E-state index is -0.240. The van der Waals surface area contributed by atoms with E-state index in [1.807, 2.05) is 47.4 Å². The summed E-state index contributed by atoms with van der Waals surface area (Å²) < 4.78 is 0. The lowest BCUT2D eigenvalue weighted by atomic mass is 9.93. The highest BCUT2D eigenvalue weighted by Gasteiger charge is 2.33. The summed E-state index contributed by atoms with van der Waals surface area (Å²) in [5.41, 5.74) is 2.52. The minimum Gasteiger partial charge on any atom is -0.345 e.